The molecule has 3 aromatic rings. The van der Waals surface area contributed by atoms with Crippen LogP contribution in [-0.2, 0) is 9.53 Å². The van der Waals surface area contributed by atoms with Crippen LogP contribution < -0.4 is 5.32 Å². The normalized spacial score (nSPS) is 14.4. The van der Waals surface area contributed by atoms with Crippen LogP contribution >= 0.6 is 11.3 Å². The van der Waals surface area contributed by atoms with Gasteiger partial charge in [-0.15, -0.1) is 11.3 Å². The highest BCUT2D eigenvalue weighted by Gasteiger charge is 2.44. The van der Waals surface area contributed by atoms with Crippen LogP contribution in [0, 0.1) is 5.92 Å². The number of benzene rings is 2. The lowest BCUT2D eigenvalue weighted by Crippen LogP contribution is -2.50. The van der Waals surface area contributed by atoms with E-state index in [-0.39, 0.29) is 29.2 Å². The molecule has 0 saturated carbocycles. The summed E-state index contributed by atoms with van der Waals surface area (Å²) >= 11 is 1.20. The van der Waals surface area contributed by atoms with E-state index >= 15 is 0 Å². The maximum Gasteiger partial charge on any atom is 0.341 e. The molecule has 1 aliphatic heterocycles. The van der Waals surface area contributed by atoms with Crippen LogP contribution in [0.3, 0.4) is 0 Å². The van der Waals surface area contributed by atoms with Gasteiger partial charge in [0, 0.05) is 10.9 Å². The lowest BCUT2D eigenvalue weighted by atomic mass is 9.96. The minimum atomic E-state index is -1.04. The molecule has 0 aliphatic carbocycles. The summed E-state index contributed by atoms with van der Waals surface area (Å²) in [5.41, 5.74) is 2.28. The molecule has 35 heavy (non-hydrogen) atoms. The number of ether oxygens (including phenoxy) is 1. The fraction of sp³-hybridized carbons (Fsp3) is 0.259. The van der Waals surface area contributed by atoms with Gasteiger partial charge in [0.15, 0.2) is 0 Å². The molecule has 0 fully saturated rings. The topological polar surface area (TPSA) is 92.8 Å². The smallest absolute Gasteiger partial charge is 0.341 e. The van der Waals surface area contributed by atoms with Crippen LogP contribution in [0.2, 0.25) is 0 Å². The zero-order chi connectivity index (χ0) is 25.1. The molecule has 2 aromatic carbocycles. The third-order valence-corrected chi connectivity index (χ3v) is 7.04. The Balaban J connectivity index is 1.71. The highest BCUT2D eigenvalue weighted by molar-refractivity contribution is 7.15. The van der Waals surface area contributed by atoms with Crippen molar-refractivity contribution in [3.63, 3.8) is 0 Å². The Morgan fingerprint density at radius 3 is 2.11 bits per heavy atom. The number of esters is 1. The molecule has 2 unspecified atom stereocenters. The molecule has 1 aromatic heterocycles. The van der Waals surface area contributed by atoms with Gasteiger partial charge in [0.2, 0.25) is 5.91 Å². The van der Waals surface area contributed by atoms with Crippen molar-refractivity contribution in [1.82, 2.24) is 4.90 Å². The summed E-state index contributed by atoms with van der Waals surface area (Å²) in [5.74, 6) is -2.37. The van der Waals surface area contributed by atoms with Crippen molar-refractivity contribution in [2.45, 2.75) is 33.2 Å². The average molecular weight is 491 g/mol. The van der Waals surface area contributed by atoms with Gasteiger partial charge >= 0.3 is 5.97 Å². The average Bonchev–Trinajstić information content (AvgIpc) is 3.39. The van der Waals surface area contributed by atoms with Crippen molar-refractivity contribution in [1.29, 1.82) is 0 Å². The minimum Gasteiger partial charge on any atom is -0.462 e. The van der Waals surface area contributed by atoms with E-state index in [1.54, 1.807) is 36.6 Å². The number of fused-ring (bicyclic) bond motifs is 1. The van der Waals surface area contributed by atoms with Crippen molar-refractivity contribution < 1.29 is 23.9 Å². The molecule has 0 spiro atoms. The first-order valence-electron chi connectivity index (χ1n) is 11.5. The summed E-state index contributed by atoms with van der Waals surface area (Å²) < 4.78 is 5.27. The SMILES string of the molecule is CCOC(=O)c1c(-c2ccccc2)csc1NC(=O)C(C(C)CC)N1C(=O)c2ccccc2C1=O. The van der Waals surface area contributed by atoms with E-state index in [0.29, 0.717) is 17.0 Å². The molecular weight excluding hydrogens is 464 g/mol. The number of anilines is 1. The third-order valence-electron chi connectivity index (χ3n) is 6.15. The molecule has 7 nitrogen and oxygen atoms in total. The fourth-order valence-corrected chi connectivity index (χ4v) is 5.15. The van der Waals surface area contributed by atoms with E-state index in [9.17, 15) is 19.2 Å². The maximum absolute atomic E-state index is 13.6. The van der Waals surface area contributed by atoms with Gasteiger partial charge in [-0.25, -0.2) is 4.79 Å². The molecule has 2 heterocycles. The molecule has 0 radical (unpaired) electrons. The van der Waals surface area contributed by atoms with Crippen molar-refractivity contribution in [2.24, 2.45) is 5.92 Å². The summed E-state index contributed by atoms with van der Waals surface area (Å²) in [4.78, 5) is 53.8. The van der Waals surface area contributed by atoms with Gasteiger partial charge in [0.05, 0.1) is 17.7 Å². The van der Waals surface area contributed by atoms with Crippen molar-refractivity contribution >= 4 is 40.0 Å². The predicted octanol–water partition coefficient (Wildman–Crippen LogP) is 5.24. The van der Waals surface area contributed by atoms with E-state index in [4.69, 9.17) is 4.74 Å². The summed E-state index contributed by atoms with van der Waals surface area (Å²) in [6, 6.07) is 14.9. The first kappa shape index (κ1) is 24.3. The molecule has 1 N–H and O–H groups in total. The highest BCUT2D eigenvalue weighted by Crippen LogP contribution is 2.37. The van der Waals surface area contributed by atoms with E-state index in [1.165, 1.54) is 11.3 Å². The maximum atomic E-state index is 13.6. The first-order valence-corrected chi connectivity index (χ1v) is 12.4. The lowest BCUT2D eigenvalue weighted by Gasteiger charge is -2.29. The van der Waals surface area contributed by atoms with Gasteiger partial charge in [0.25, 0.3) is 11.8 Å². The number of hydrogen-bond donors (Lipinski definition) is 1. The number of nitrogens with one attached hydrogen (secondary N) is 1. The number of imide groups is 1. The summed E-state index contributed by atoms with van der Waals surface area (Å²) in [7, 11) is 0. The standard InChI is InChI=1S/C27H26N2O5S/c1-4-16(3)22(29-25(31)18-13-9-10-14-19(18)26(29)32)23(30)28-24-21(27(33)34-5-2)20(15-35-24)17-11-7-6-8-12-17/h6-16,22H,4-5H2,1-3H3,(H,28,30). The van der Waals surface area contributed by atoms with Crippen LogP contribution in [0.4, 0.5) is 5.00 Å². The highest BCUT2D eigenvalue weighted by atomic mass is 32.1. The number of rotatable bonds is 8. The van der Waals surface area contributed by atoms with E-state index in [2.05, 4.69) is 5.32 Å². The lowest BCUT2D eigenvalue weighted by molar-refractivity contribution is -0.121. The summed E-state index contributed by atoms with van der Waals surface area (Å²) in [6.07, 6.45) is 0.565. The van der Waals surface area contributed by atoms with Crippen LogP contribution in [0.15, 0.2) is 60.0 Å². The molecule has 3 amide bonds. The Hall–Kier alpha value is -3.78. The number of amides is 3. The molecule has 0 saturated heterocycles. The minimum absolute atomic E-state index is 0.181. The van der Waals surface area contributed by atoms with Gasteiger partial charge in [-0.1, -0.05) is 62.7 Å². The Kier molecular flexibility index (Phi) is 7.12. The van der Waals surface area contributed by atoms with Gasteiger partial charge < -0.3 is 10.1 Å². The second-order valence-electron chi connectivity index (χ2n) is 8.29. The summed E-state index contributed by atoms with van der Waals surface area (Å²) in [5, 5.41) is 4.94. The Labute approximate surface area is 207 Å². The Morgan fingerprint density at radius 2 is 1.54 bits per heavy atom. The van der Waals surface area contributed by atoms with Crippen molar-refractivity contribution in [3.05, 3.63) is 76.7 Å². The molecular formula is C27H26N2O5S. The van der Waals surface area contributed by atoms with Gasteiger partial charge in [-0.2, -0.15) is 0 Å². The van der Waals surface area contributed by atoms with Crippen molar-refractivity contribution in [3.8, 4) is 11.1 Å². The molecule has 4 rings (SSSR count). The van der Waals surface area contributed by atoms with Gasteiger partial charge in [-0.3, -0.25) is 19.3 Å². The molecule has 0 bridgehead atoms. The number of carbonyl (C=O) groups excluding carboxylic acids is 4. The predicted molar refractivity (Wildman–Crippen MR) is 135 cm³/mol. The number of carbonyl (C=O) groups is 4. The monoisotopic (exact) mass is 490 g/mol. The number of thiophene rings is 1. The zero-order valence-corrected chi connectivity index (χ0v) is 20.6. The first-order chi connectivity index (χ1) is 16.9. The van der Waals surface area contributed by atoms with E-state index in [0.717, 1.165) is 10.5 Å². The second-order valence-corrected chi connectivity index (χ2v) is 9.17. The number of hydrogen-bond acceptors (Lipinski definition) is 6. The Morgan fingerprint density at radius 1 is 0.943 bits per heavy atom. The molecule has 1 aliphatic rings. The fourth-order valence-electron chi connectivity index (χ4n) is 4.19. The quantitative estimate of drug-likeness (QED) is 0.344. The molecule has 180 valence electrons. The van der Waals surface area contributed by atoms with Crippen LogP contribution in [0.1, 0.15) is 58.3 Å². The third kappa shape index (κ3) is 4.49. The van der Waals surface area contributed by atoms with Crippen molar-refractivity contribution in [2.75, 3.05) is 11.9 Å². The van der Waals surface area contributed by atoms with Crippen LogP contribution in [0.5, 0.6) is 0 Å². The van der Waals surface area contributed by atoms with Gasteiger partial charge in [-0.05, 0) is 30.5 Å². The Bertz CT molecular complexity index is 1250. The second kappa shape index (κ2) is 10.2. The van der Waals surface area contributed by atoms with Crippen LogP contribution in [-0.4, -0.2) is 41.2 Å². The number of nitrogens with zero attached hydrogens (tertiary/aromatic N) is 1. The van der Waals surface area contributed by atoms with Gasteiger partial charge in [0.1, 0.15) is 16.6 Å². The van der Waals surface area contributed by atoms with E-state index in [1.807, 2.05) is 44.2 Å². The zero-order valence-electron chi connectivity index (χ0n) is 19.7. The van der Waals surface area contributed by atoms with E-state index < -0.39 is 29.7 Å². The summed E-state index contributed by atoms with van der Waals surface area (Å²) in [6.45, 7) is 5.61. The molecule has 2 atom stereocenters. The van der Waals surface area contributed by atoms with Crippen LogP contribution in [0.25, 0.3) is 11.1 Å². The largest absolute Gasteiger partial charge is 0.462 e. The molecule has 8 heteroatoms.